The zero-order valence-corrected chi connectivity index (χ0v) is 12.2. The first kappa shape index (κ1) is 17.3. The molecule has 0 bridgehead atoms. The number of alkyl halides is 3. The maximum absolute atomic E-state index is 12.0. The zero-order valence-electron chi connectivity index (χ0n) is 12.2. The van der Waals surface area contributed by atoms with Crippen LogP contribution in [0.3, 0.4) is 0 Å². The molecule has 1 amide bonds. The summed E-state index contributed by atoms with van der Waals surface area (Å²) in [4.78, 5) is 22.7. The van der Waals surface area contributed by atoms with Gasteiger partial charge in [0.15, 0.2) is 0 Å². The van der Waals surface area contributed by atoms with Crippen LogP contribution in [0.5, 0.6) is 5.75 Å². The Bertz CT molecular complexity index is 739. The van der Waals surface area contributed by atoms with Gasteiger partial charge in [0.1, 0.15) is 11.7 Å². The number of hydrogen-bond acceptors (Lipinski definition) is 3. The second-order valence-corrected chi connectivity index (χ2v) is 4.74. The number of rotatable bonds is 4. The Morgan fingerprint density at radius 1 is 1.21 bits per heavy atom. The zero-order chi connectivity index (χ0) is 17.6. The monoisotopic (exact) mass is 335 g/mol. The van der Waals surface area contributed by atoms with Gasteiger partial charge in [0, 0.05) is 6.20 Å². The van der Waals surface area contributed by atoms with Crippen molar-refractivity contribution >= 4 is 17.9 Å². The van der Waals surface area contributed by atoms with E-state index >= 15 is 0 Å². The Hall–Kier alpha value is -3.05. The van der Waals surface area contributed by atoms with Gasteiger partial charge in [-0.25, -0.2) is 4.79 Å². The van der Waals surface area contributed by atoms with E-state index in [9.17, 15) is 22.8 Å². The maximum atomic E-state index is 12.0. The molecule has 1 atom stereocenters. The minimum Gasteiger partial charge on any atom is -0.406 e. The molecule has 7 heteroatoms. The summed E-state index contributed by atoms with van der Waals surface area (Å²) in [5.41, 5.74) is 0.784. The molecule has 124 valence electrons. The summed E-state index contributed by atoms with van der Waals surface area (Å²) in [7, 11) is 0. The van der Waals surface area contributed by atoms with Crippen molar-refractivity contribution < 1.29 is 27.5 Å². The SMILES string of the molecule is O=C=C1C=CC=CC1C(=O)NC=Cc1ccc(OC(F)(F)F)cc1. The normalized spacial score (nSPS) is 17.0. The van der Waals surface area contributed by atoms with Gasteiger partial charge in [0.05, 0.1) is 11.5 Å². The molecule has 2 rings (SSSR count). The van der Waals surface area contributed by atoms with Crippen LogP contribution < -0.4 is 10.1 Å². The number of ether oxygens (including phenoxy) is 1. The lowest BCUT2D eigenvalue weighted by molar-refractivity contribution is -0.274. The van der Waals surface area contributed by atoms with Crippen molar-refractivity contribution in [1.29, 1.82) is 0 Å². The van der Waals surface area contributed by atoms with E-state index in [1.54, 1.807) is 24.2 Å². The molecule has 0 radical (unpaired) electrons. The number of benzene rings is 1. The fourth-order valence-electron chi connectivity index (χ4n) is 1.96. The molecule has 0 spiro atoms. The minimum atomic E-state index is -4.74. The van der Waals surface area contributed by atoms with Gasteiger partial charge in [-0.05, 0) is 29.8 Å². The number of carbonyl (C=O) groups is 1. The van der Waals surface area contributed by atoms with Crippen LogP contribution in [-0.4, -0.2) is 18.2 Å². The van der Waals surface area contributed by atoms with Gasteiger partial charge in [0.25, 0.3) is 0 Å². The van der Waals surface area contributed by atoms with E-state index < -0.39 is 18.2 Å². The number of nitrogens with one attached hydrogen (secondary N) is 1. The van der Waals surface area contributed by atoms with Crippen LogP contribution in [0.1, 0.15) is 5.56 Å². The number of allylic oxidation sites excluding steroid dienone is 3. The van der Waals surface area contributed by atoms with Crippen molar-refractivity contribution in [2.45, 2.75) is 6.36 Å². The molecular formula is C17H12F3NO3. The average Bonchev–Trinajstić information content (AvgIpc) is 2.55. The van der Waals surface area contributed by atoms with E-state index in [4.69, 9.17) is 0 Å². The summed E-state index contributed by atoms with van der Waals surface area (Å²) >= 11 is 0. The summed E-state index contributed by atoms with van der Waals surface area (Å²) in [5, 5.41) is 2.50. The van der Waals surface area contributed by atoms with Gasteiger partial charge in [-0.15, -0.1) is 13.2 Å². The first-order valence-electron chi connectivity index (χ1n) is 6.81. The molecule has 0 saturated heterocycles. The molecule has 1 aromatic rings. The number of amides is 1. The summed E-state index contributed by atoms with van der Waals surface area (Å²) < 4.78 is 39.9. The summed E-state index contributed by atoms with van der Waals surface area (Å²) in [6.45, 7) is 0. The Balaban J connectivity index is 1.94. The predicted molar refractivity (Wildman–Crippen MR) is 81.3 cm³/mol. The second-order valence-electron chi connectivity index (χ2n) is 4.74. The molecule has 1 N–H and O–H groups in total. The molecule has 0 fully saturated rings. The second kappa shape index (κ2) is 7.48. The van der Waals surface area contributed by atoms with Crippen LogP contribution in [-0.2, 0) is 9.59 Å². The molecule has 1 aromatic carbocycles. The van der Waals surface area contributed by atoms with Crippen LogP contribution in [0.25, 0.3) is 6.08 Å². The predicted octanol–water partition coefficient (Wildman–Crippen LogP) is 3.17. The van der Waals surface area contributed by atoms with E-state index in [1.807, 2.05) is 0 Å². The largest absolute Gasteiger partial charge is 0.573 e. The highest BCUT2D eigenvalue weighted by molar-refractivity contribution is 5.88. The quantitative estimate of drug-likeness (QED) is 0.860. The van der Waals surface area contributed by atoms with E-state index in [0.717, 1.165) is 12.1 Å². The highest BCUT2D eigenvalue weighted by Gasteiger charge is 2.30. The van der Waals surface area contributed by atoms with Crippen molar-refractivity contribution in [3.63, 3.8) is 0 Å². The Labute approximate surface area is 135 Å². The van der Waals surface area contributed by atoms with Gasteiger partial charge in [-0.1, -0.05) is 30.4 Å². The molecule has 4 nitrogen and oxygen atoms in total. The van der Waals surface area contributed by atoms with Crippen LogP contribution in [0.15, 0.2) is 60.3 Å². The topological polar surface area (TPSA) is 55.4 Å². The van der Waals surface area contributed by atoms with Crippen LogP contribution in [0.2, 0.25) is 0 Å². The van der Waals surface area contributed by atoms with Crippen molar-refractivity contribution in [2.75, 3.05) is 0 Å². The first-order chi connectivity index (χ1) is 11.4. The van der Waals surface area contributed by atoms with Crippen LogP contribution in [0.4, 0.5) is 13.2 Å². The number of halogens is 3. The molecule has 24 heavy (non-hydrogen) atoms. The maximum Gasteiger partial charge on any atom is 0.573 e. The Morgan fingerprint density at radius 3 is 2.54 bits per heavy atom. The summed E-state index contributed by atoms with van der Waals surface area (Å²) in [6, 6.07) is 5.14. The lowest BCUT2D eigenvalue weighted by Gasteiger charge is -2.12. The molecule has 0 heterocycles. The minimum absolute atomic E-state index is 0.219. The van der Waals surface area contributed by atoms with Crippen molar-refractivity contribution in [2.24, 2.45) is 5.92 Å². The number of hydrogen-bond donors (Lipinski definition) is 1. The third-order valence-electron chi connectivity index (χ3n) is 3.04. The van der Waals surface area contributed by atoms with E-state index in [1.165, 1.54) is 30.5 Å². The van der Waals surface area contributed by atoms with Crippen molar-refractivity contribution in [1.82, 2.24) is 5.32 Å². The summed E-state index contributed by atoms with van der Waals surface area (Å²) in [5.74, 6) is 0.239. The van der Waals surface area contributed by atoms with E-state index in [0.29, 0.717) is 5.56 Å². The third-order valence-corrected chi connectivity index (χ3v) is 3.04. The lowest BCUT2D eigenvalue weighted by atomic mass is 9.95. The molecule has 0 aliphatic heterocycles. The van der Waals surface area contributed by atoms with Crippen LogP contribution >= 0.6 is 0 Å². The molecule has 1 aliphatic carbocycles. The average molecular weight is 335 g/mol. The molecular weight excluding hydrogens is 323 g/mol. The van der Waals surface area contributed by atoms with Gasteiger partial charge in [-0.2, -0.15) is 0 Å². The van der Waals surface area contributed by atoms with E-state index in [-0.39, 0.29) is 11.3 Å². The Kier molecular flexibility index (Phi) is 5.39. The lowest BCUT2D eigenvalue weighted by Crippen LogP contribution is -2.27. The molecule has 0 saturated carbocycles. The smallest absolute Gasteiger partial charge is 0.406 e. The van der Waals surface area contributed by atoms with Crippen molar-refractivity contribution in [3.05, 3.63) is 65.9 Å². The van der Waals surface area contributed by atoms with Gasteiger partial charge < -0.3 is 10.1 Å². The van der Waals surface area contributed by atoms with Gasteiger partial charge >= 0.3 is 6.36 Å². The van der Waals surface area contributed by atoms with Crippen LogP contribution in [0, 0.1) is 5.92 Å². The third kappa shape index (κ3) is 5.00. The molecule has 0 aromatic heterocycles. The fraction of sp³-hybridized carbons (Fsp3) is 0.118. The summed E-state index contributed by atoms with van der Waals surface area (Å²) in [6.07, 6.45) is 4.45. The van der Waals surface area contributed by atoms with E-state index in [2.05, 4.69) is 10.1 Å². The first-order valence-corrected chi connectivity index (χ1v) is 6.81. The van der Waals surface area contributed by atoms with Gasteiger partial charge in [0.2, 0.25) is 5.91 Å². The Morgan fingerprint density at radius 2 is 1.92 bits per heavy atom. The number of carbonyl (C=O) groups excluding carboxylic acids is 2. The van der Waals surface area contributed by atoms with Gasteiger partial charge in [-0.3, -0.25) is 4.79 Å². The highest BCUT2D eigenvalue weighted by Crippen LogP contribution is 2.23. The van der Waals surface area contributed by atoms with Crippen molar-refractivity contribution in [3.8, 4) is 5.75 Å². The standard InChI is InChI=1S/C17H12F3NO3/c18-17(19,20)24-14-7-5-12(6-8-14)9-10-21-16(23)15-4-2-1-3-13(15)11-22/h1-10,15H,(H,21,23). The fourth-order valence-corrected chi connectivity index (χ4v) is 1.96. The highest BCUT2D eigenvalue weighted by atomic mass is 19.4. The molecule has 1 aliphatic rings. The molecule has 1 unspecified atom stereocenters.